The number of aromatic nitrogens is 1. The van der Waals surface area contributed by atoms with E-state index in [-0.39, 0.29) is 0 Å². The molecule has 3 nitrogen and oxygen atoms in total. The molecule has 1 aliphatic carbocycles. The fourth-order valence-electron chi connectivity index (χ4n) is 1.91. The molecule has 1 aliphatic rings. The Labute approximate surface area is 97.7 Å². The first-order valence-electron chi connectivity index (χ1n) is 6.17. The van der Waals surface area contributed by atoms with E-state index in [4.69, 9.17) is 5.73 Å². The number of nitrogen functional groups attached to an aromatic ring is 1. The van der Waals surface area contributed by atoms with E-state index in [1.807, 2.05) is 6.92 Å². The predicted octanol–water partition coefficient (Wildman–Crippen LogP) is 2.60. The number of hydrogen-bond acceptors (Lipinski definition) is 3. The summed E-state index contributed by atoms with van der Waals surface area (Å²) in [6.07, 6.45) is 5.71. The van der Waals surface area contributed by atoms with Gasteiger partial charge in [0.2, 0.25) is 0 Å². The Morgan fingerprint density at radius 2 is 2.25 bits per heavy atom. The van der Waals surface area contributed by atoms with Crippen LogP contribution in [0.2, 0.25) is 0 Å². The van der Waals surface area contributed by atoms with Gasteiger partial charge >= 0.3 is 0 Å². The molecule has 0 atom stereocenters. The number of rotatable bonds is 5. The zero-order valence-electron chi connectivity index (χ0n) is 10.2. The Balaban J connectivity index is 2.12. The number of hydrogen-bond donors (Lipinski definition) is 1. The van der Waals surface area contributed by atoms with E-state index in [1.54, 1.807) is 6.20 Å². The van der Waals surface area contributed by atoms with Gasteiger partial charge in [-0.1, -0.05) is 6.92 Å². The molecule has 0 saturated heterocycles. The van der Waals surface area contributed by atoms with E-state index in [9.17, 15) is 0 Å². The first kappa shape index (κ1) is 11.2. The van der Waals surface area contributed by atoms with E-state index < -0.39 is 0 Å². The number of aryl methyl sites for hydroxylation is 1. The third-order valence-corrected chi connectivity index (χ3v) is 3.13. The summed E-state index contributed by atoms with van der Waals surface area (Å²) < 4.78 is 0. The smallest absolute Gasteiger partial charge is 0.128 e. The van der Waals surface area contributed by atoms with Crippen LogP contribution in [0.15, 0.2) is 12.3 Å². The van der Waals surface area contributed by atoms with E-state index in [0.717, 1.165) is 42.5 Å². The highest BCUT2D eigenvalue weighted by atomic mass is 15.2. The molecule has 2 rings (SSSR count). The molecule has 1 saturated carbocycles. The van der Waals surface area contributed by atoms with E-state index in [0.29, 0.717) is 0 Å². The second kappa shape index (κ2) is 4.73. The van der Waals surface area contributed by atoms with Crippen molar-refractivity contribution in [1.29, 1.82) is 0 Å². The maximum absolute atomic E-state index is 5.80. The Bertz CT molecular complexity index is 358. The number of nitrogens with zero attached hydrogens (tertiary/aromatic N) is 2. The van der Waals surface area contributed by atoms with Crippen LogP contribution >= 0.6 is 0 Å². The van der Waals surface area contributed by atoms with E-state index in [1.165, 1.54) is 12.8 Å². The highest BCUT2D eigenvalue weighted by Gasteiger charge is 2.24. The summed E-state index contributed by atoms with van der Waals surface area (Å²) in [4.78, 5) is 6.83. The number of pyridine rings is 1. The van der Waals surface area contributed by atoms with Crippen molar-refractivity contribution < 1.29 is 0 Å². The SMILES string of the molecule is CCCN(CC1CC1)c1cc(C)c(N)cn1. The Kier molecular flexibility index (Phi) is 3.32. The normalized spacial score (nSPS) is 15.1. The molecule has 2 N–H and O–H groups in total. The van der Waals surface area contributed by atoms with E-state index in [2.05, 4.69) is 22.9 Å². The molecular weight excluding hydrogens is 198 g/mol. The zero-order chi connectivity index (χ0) is 11.5. The third-order valence-electron chi connectivity index (χ3n) is 3.13. The van der Waals surface area contributed by atoms with Gasteiger partial charge in [-0.15, -0.1) is 0 Å². The molecule has 1 fully saturated rings. The summed E-state index contributed by atoms with van der Waals surface area (Å²) in [5.41, 5.74) is 7.71. The second-order valence-corrected chi connectivity index (χ2v) is 4.79. The quantitative estimate of drug-likeness (QED) is 0.827. The molecule has 0 bridgehead atoms. The van der Waals surface area contributed by atoms with Crippen LogP contribution in [0.1, 0.15) is 31.7 Å². The molecule has 0 radical (unpaired) electrons. The first-order chi connectivity index (χ1) is 7.70. The lowest BCUT2D eigenvalue weighted by molar-refractivity contribution is 0.699. The van der Waals surface area contributed by atoms with Gasteiger partial charge in [-0.3, -0.25) is 0 Å². The highest BCUT2D eigenvalue weighted by Crippen LogP contribution is 2.31. The van der Waals surface area contributed by atoms with Crippen molar-refractivity contribution in [2.75, 3.05) is 23.7 Å². The van der Waals surface area contributed by atoms with Crippen LogP contribution in [0.3, 0.4) is 0 Å². The minimum atomic E-state index is 0.784. The van der Waals surface area contributed by atoms with Crippen molar-refractivity contribution >= 4 is 11.5 Å². The second-order valence-electron chi connectivity index (χ2n) is 4.79. The Morgan fingerprint density at radius 1 is 1.50 bits per heavy atom. The largest absolute Gasteiger partial charge is 0.397 e. The molecule has 1 aromatic rings. The van der Waals surface area contributed by atoms with Crippen LogP contribution in [-0.2, 0) is 0 Å². The Morgan fingerprint density at radius 3 is 2.81 bits per heavy atom. The molecule has 0 spiro atoms. The summed E-state index contributed by atoms with van der Waals surface area (Å²) in [6.45, 7) is 6.50. The van der Waals surface area contributed by atoms with Gasteiger partial charge in [0.25, 0.3) is 0 Å². The predicted molar refractivity (Wildman–Crippen MR) is 68.6 cm³/mol. The maximum Gasteiger partial charge on any atom is 0.128 e. The van der Waals surface area contributed by atoms with Crippen molar-refractivity contribution in [3.63, 3.8) is 0 Å². The van der Waals surface area contributed by atoms with Crippen LogP contribution in [0.4, 0.5) is 11.5 Å². The number of nitrogens with two attached hydrogens (primary N) is 1. The van der Waals surface area contributed by atoms with Gasteiger partial charge < -0.3 is 10.6 Å². The van der Waals surface area contributed by atoms with Gasteiger partial charge in [0.1, 0.15) is 5.82 Å². The molecule has 16 heavy (non-hydrogen) atoms. The molecule has 0 aliphatic heterocycles. The minimum absolute atomic E-state index is 0.784. The molecule has 3 heteroatoms. The molecule has 1 heterocycles. The van der Waals surface area contributed by atoms with Crippen LogP contribution in [-0.4, -0.2) is 18.1 Å². The fourth-order valence-corrected chi connectivity index (χ4v) is 1.91. The van der Waals surface area contributed by atoms with Gasteiger partial charge in [0.05, 0.1) is 11.9 Å². The van der Waals surface area contributed by atoms with Crippen molar-refractivity contribution in [3.8, 4) is 0 Å². The van der Waals surface area contributed by atoms with E-state index >= 15 is 0 Å². The molecule has 0 unspecified atom stereocenters. The van der Waals surface area contributed by atoms with Gasteiger partial charge in [-0.25, -0.2) is 4.98 Å². The molecule has 1 aromatic heterocycles. The van der Waals surface area contributed by atoms with Crippen LogP contribution in [0.25, 0.3) is 0 Å². The van der Waals surface area contributed by atoms with Crippen molar-refractivity contribution in [2.45, 2.75) is 33.1 Å². The lowest BCUT2D eigenvalue weighted by Gasteiger charge is -2.23. The standard InChI is InChI=1S/C13H21N3/c1-3-6-16(9-11-4-5-11)13-7-10(2)12(14)8-15-13/h7-8,11H,3-6,9,14H2,1-2H3. The van der Waals surface area contributed by atoms with Crippen molar-refractivity contribution in [2.24, 2.45) is 5.92 Å². The van der Waals surface area contributed by atoms with Gasteiger partial charge in [-0.05, 0) is 43.7 Å². The fraction of sp³-hybridized carbons (Fsp3) is 0.615. The van der Waals surface area contributed by atoms with Crippen LogP contribution < -0.4 is 10.6 Å². The highest BCUT2D eigenvalue weighted by molar-refractivity contribution is 5.52. The van der Waals surface area contributed by atoms with Gasteiger partial charge in [-0.2, -0.15) is 0 Å². The topological polar surface area (TPSA) is 42.1 Å². The zero-order valence-corrected chi connectivity index (χ0v) is 10.2. The van der Waals surface area contributed by atoms with Gasteiger partial charge in [0, 0.05) is 13.1 Å². The molecule has 0 aromatic carbocycles. The summed E-state index contributed by atoms with van der Waals surface area (Å²) in [6, 6.07) is 2.10. The van der Waals surface area contributed by atoms with Gasteiger partial charge in [0.15, 0.2) is 0 Å². The third kappa shape index (κ3) is 2.65. The minimum Gasteiger partial charge on any atom is -0.397 e. The molecule has 88 valence electrons. The van der Waals surface area contributed by atoms with Crippen LogP contribution in [0.5, 0.6) is 0 Å². The summed E-state index contributed by atoms with van der Waals surface area (Å²) in [7, 11) is 0. The summed E-state index contributed by atoms with van der Waals surface area (Å²) >= 11 is 0. The maximum atomic E-state index is 5.80. The average Bonchev–Trinajstić information content (AvgIpc) is 3.05. The number of anilines is 2. The van der Waals surface area contributed by atoms with Crippen molar-refractivity contribution in [1.82, 2.24) is 4.98 Å². The monoisotopic (exact) mass is 219 g/mol. The summed E-state index contributed by atoms with van der Waals surface area (Å²) in [5, 5.41) is 0. The van der Waals surface area contributed by atoms with Crippen LogP contribution in [0, 0.1) is 12.8 Å². The first-order valence-corrected chi connectivity index (χ1v) is 6.17. The average molecular weight is 219 g/mol. The Hall–Kier alpha value is -1.25. The lowest BCUT2D eigenvalue weighted by Crippen LogP contribution is -2.27. The lowest BCUT2D eigenvalue weighted by atomic mass is 10.2. The summed E-state index contributed by atoms with van der Waals surface area (Å²) in [5.74, 6) is 1.98. The van der Waals surface area contributed by atoms with Crippen molar-refractivity contribution in [3.05, 3.63) is 17.8 Å². The molecule has 0 amide bonds. The molecular formula is C13H21N3.